The van der Waals surface area contributed by atoms with Crippen molar-refractivity contribution in [2.24, 2.45) is 0 Å². The van der Waals surface area contributed by atoms with Crippen molar-refractivity contribution >= 4 is 40.7 Å². The second kappa shape index (κ2) is 8.17. The zero-order chi connectivity index (χ0) is 17.7. The fraction of sp³-hybridized carbons (Fsp3) is 0.176. The minimum absolute atomic E-state index is 0.0591. The van der Waals surface area contributed by atoms with Crippen LogP contribution in [0, 0.1) is 5.82 Å². The van der Waals surface area contributed by atoms with Crippen LogP contribution in [0.1, 0.15) is 22.8 Å². The van der Waals surface area contributed by atoms with Crippen molar-refractivity contribution in [1.29, 1.82) is 0 Å². The third-order valence-electron chi connectivity index (χ3n) is 3.15. The number of aromatic hydroxyl groups is 1. The monoisotopic (exact) mass is 367 g/mol. The number of phenolic OH excluding ortho intramolecular Hbond substituents is 1. The first-order valence-electron chi connectivity index (χ1n) is 7.02. The summed E-state index contributed by atoms with van der Waals surface area (Å²) in [5.41, 5.74) is 0.846. The van der Waals surface area contributed by atoms with Gasteiger partial charge in [-0.3, -0.25) is 9.59 Å². The molecule has 0 aliphatic heterocycles. The highest BCUT2D eigenvalue weighted by molar-refractivity contribution is 7.99. The van der Waals surface area contributed by atoms with E-state index in [1.54, 1.807) is 24.3 Å². The summed E-state index contributed by atoms with van der Waals surface area (Å²) < 4.78 is 13.5. The van der Waals surface area contributed by atoms with Crippen molar-refractivity contribution < 1.29 is 19.1 Å². The maximum absolute atomic E-state index is 13.5. The van der Waals surface area contributed by atoms with Gasteiger partial charge < -0.3 is 10.4 Å². The zero-order valence-electron chi connectivity index (χ0n) is 12.8. The average Bonchev–Trinajstić information content (AvgIpc) is 2.52. The summed E-state index contributed by atoms with van der Waals surface area (Å²) in [7, 11) is 0. The van der Waals surface area contributed by atoms with Gasteiger partial charge in [0.25, 0.3) is 0 Å². The fourth-order valence-electron chi connectivity index (χ4n) is 2.02. The first-order chi connectivity index (χ1) is 11.4. The standard InChI is InChI=1S/C17H15ClFNO3S/c1-10(21)15-7-13(19)6-11(17(15)23)8-24-9-16(22)20-14-4-2-12(18)3-5-14/h2-7,23H,8-9H2,1H3,(H,20,22). The normalized spacial score (nSPS) is 10.5. The van der Waals surface area contributed by atoms with E-state index in [1.807, 2.05) is 0 Å². The number of halogens is 2. The van der Waals surface area contributed by atoms with Crippen LogP contribution < -0.4 is 5.32 Å². The van der Waals surface area contributed by atoms with Crippen LogP contribution in [0.15, 0.2) is 36.4 Å². The van der Waals surface area contributed by atoms with Crippen LogP contribution in [0.4, 0.5) is 10.1 Å². The molecule has 0 saturated heterocycles. The van der Waals surface area contributed by atoms with Gasteiger partial charge in [-0.15, -0.1) is 11.8 Å². The third kappa shape index (κ3) is 4.97. The Bertz CT molecular complexity index is 765. The van der Waals surface area contributed by atoms with Gasteiger partial charge in [0.15, 0.2) is 5.78 Å². The van der Waals surface area contributed by atoms with Crippen molar-refractivity contribution in [3.63, 3.8) is 0 Å². The van der Waals surface area contributed by atoms with Crippen LogP contribution in [0.25, 0.3) is 0 Å². The minimum Gasteiger partial charge on any atom is -0.507 e. The highest BCUT2D eigenvalue weighted by atomic mass is 35.5. The van der Waals surface area contributed by atoms with E-state index in [0.29, 0.717) is 10.7 Å². The highest BCUT2D eigenvalue weighted by Gasteiger charge is 2.14. The summed E-state index contributed by atoms with van der Waals surface area (Å²) >= 11 is 6.97. The number of Topliss-reactive ketones (excluding diaryl/α,β-unsaturated/α-hetero) is 1. The molecule has 2 rings (SSSR count). The van der Waals surface area contributed by atoms with Crippen LogP contribution in [0.5, 0.6) is 5.75 Å². The van der Waals surface area contributed by atoms with Crippen LogP contribution >= 0.6 is 23.4 Å². The van der Waals surface area contributed by atoms with E-state index in [2.05, 4.69) is 5.32 Å². The lowest BCUT2D eigenvalue weighted by atomic mass is 10.1. The molecular weight excluding hydrogens is 353 g/mol. The number of amides is 1. The van der Waals surface area contributed by atoms with Crippen LogP contribution in [-0.2, 0) is 10.5 Å². The van der Waals surface area contributed by atoms with E-state index in [0.717, 1.165) is 12.1 Å². The quantitative estimate of drug-likeness (QED) is 0.749. The van der Waals surface area contributed by atoms with E-state index < -0.39 is 11.6 Å². The first-order valence-corrected chi connectivity index (χ1v) is 8.55. The number of rotatable bonds is 6. The van der Waals surface area contributed by atoms with Gasteiger partial charge in [0.2, 0.25) is 5.91 Å². The molecule has 0 heterocycles. The molecule has 0 spiro atoms. The van der Waals surface area contributed by atoms with Crippen molar-refractivity contribution in [2.45, 2.75) is 12.7 Å². The van der Waals surface area contributed by atoms with E-state index in [-0.39, 0.29) is 34.3 Å². The molecule has 0 fully saturated rings. The Morgan fingerprint density at radius 2 is 1.92 bits per heavy atom. The molecule has 0 unspecified atom stereocenters. The summed E-state index contributed by atoms with van der Waals surface area (Å²) in [4.78, 5) is 23.2. The zero-order valence-corrected chi connectivity index (χ0v) is 14.4. The molecule has 0 aliphatic rings. The molecule has 2 aromatic rings. The Balaban J connectivity index is 1.93. The minimum atomic E-state index is -0.598. The maximum Gasteiger partial charge on any atom is 0.234 e. The lowest BCUT2D eigenvalue weighted by Gasteiger charge is -2.09. The largest absolute Gasteiger partial charge is 0.507 e. The molecule has 7 heteroatoms. The molecule has 0 bridgehead atoms. The van der Waals surface area contributed by atoms with Crippen molar-refractivity contribution in [3.05, 3.63) is 58.4 Å². The topological polar surface area (TPSA) is 66.4 Å². The molecule has 0 saturated carbocycles. The van der Waals surface area contributed by atoms with Gasteiger partial charge in [-0.05, 0) is 43.3 Å². The number of benzene rings is 2. The van der Waals surface area contributed by atoms with Gasteiger partial charge in [-0.1, -0.05) is 11.6 Å². The van der Waals surface area contributed by atoms with E-state index >= 15 is 0 Å². The summed E-state index contributed by atoms with van der Waals surface area (Å²) in [5.74, 6) is -1.16. The van der Waals surface area contributed by atoms with Gasteiger partial charge >= 0.3 is 0 Å². The van der Waals surface area contributed by atoms with Gasteiger partial charge in [0.1, 0.15) is 11.6 Å². The van der Waals surface area contributed by atoms with Crippen LogP contribution in [-0.4, -0.2) is 22.5 Å². The SMILES string of the molecule is CC(=O)c1cc(F)cc(CSCC(=O)Nc2ccc(Cl)cc2)c1O. The van der Waals surface area contributed by atoms with Gasteiger partial charge in [0, 0.05) is 22.0 Å². The van der Waals surface area contributed by atoms with Crippen molar-refractivity contribution in [1.82, 2.24) is 0 Å². The number of carbonyl (C=O) groups is 2. The molecule has 0 aromatic heterocycles. The summed E-state index contributed by atoms with van der Waals surface area (Å²) in [6, 6.07) is 8.85. The number of hydrogen-bond donors (Lipinski definition) is 2. The van der Waals surface area contributed by atoms with E-state index in [4.69, 9.17) is 11.6 Å². The Morgan fingerprint density at radius 1 is 1.25 bits per heavy atom. The van der Waals surface area contributed by atoms with Crippen LogP contribution in [0.2, 0.25) is 5.02 Å². The summed E-state index contributed by atoms with van der Waals surface area (Å²) in [6.07, 6.45) is 0. The number of hydrogen-bond acceptors (Lipinski definition) is 4. The first kappa shape index (κ1) is 18.3. The Kier molecular flexibility index (Phi) is 6.23. The molecular formula is C17H15ClFNO3S. The molecule has 0 aliphatic carbocycles. The Hall–Kier alpha value is -2.05. The van der Waals surface area contributed by atoms with E-state index in [9.17, 15) is 19.1 Å². The van der Waals surface area contributed by atoms with Crippen molar-refractivity contribution in [2.75, 3.05) is 11.1 Å². The number of carbonyl (C=O) groups excluding carboxylic acids is 2. The number of anilines is 1. The highest BCUT2D eigenvalue weighted by Crippen LogP contribution is 2.28. The molecule has 2 aromatic carbocycles. The number of nitrogens with one attached hydrogen (secondary N) is 1. The molecule has 0 atom stereocenters. The predicted octanol–water partition coefficient (Wildman–Crippen LogP) is 4.26. The second-order valence-electron chi connectivity index (χ2n) is 5.07. The lowest BCUT2D eigenvalue weighted by molar-refractivity contribution is -0.113. The van der Waals surface area contributed by atoms with E-state index in [1.165, 1.54) is 18.7 Å². The Labute approximate surface area is 148 Å². The third-order valence-corrected chi connectivity index (χ3v) is 4.39. The molecule has 0 radical (unpaired) electrons. The molecule has 2 N–H and O–H groups in total. The number of phenols is 1. The van der Waals surface area contributed by atoms with Gasteiger partial charge in [-0.25, -0.2) is 4.39 Å². The molecule has 24 heavy (non-hydrogen) atoms. The molecule has 126 valence electrons. The van der Waals surface area contributed by atoms with Gasteiger partial charge in [-0.2, -0.15) is 0 Å². The number of ketones is 1. The van der Waals surface area contributed by atoms with Crippen molar-refractivity contribution in [3.8, 4) is 5.75 Å². The Morgan fingerprint density at radius 3 is 2.54 bits per heavy atom. The van der Waals surface area contributed by atoms with Crippen LogP contribution in [0.3, 0.4) is 0 Å². The van der Waals surface area contributed by atoms with Gasteiger partial charge in [0.05, 0.1) is 11.3 Å². The summed E-state index contributed by atoms with van der Waals surface area (Å²) in [5, 5.41) is 13.3. The fourth-order valence-corrected chi connectivity index (χ4v) is 2.94. The molecule has 4 nitrogen and oxygen atoms in total. The summed E-state index contributed by atoms with van der Waals surface area (Å²) in [6.45, 7) is 1.25. The predicted molar refractivity (Wildman–Crippen MR) is 94.3 cm³/mol. The smallest absolute Gasteiger partial charge is 0.234 e. The number of thioether (sulfide) groups is 1. The average molecular weight is 368 g/mol. The molecule has 1 amide bonds. The second-order valence-corrected chi connectivity index (χ2v) is 6.49. The lowest BCUT2D eigenvalue weighted by Crippen LogP contribution is -2.14. The maximum atomic E-state index is 13.5.